The summed E-state index contributed by atoms with van der Waals surface area (Å²) in [5.41, 5.74) is 1.31. The number of hydrogen-bond donors (Lipinski definition) is 2. The number of amides is 3. The van der Waals surface area contributed by atoms with Crippen molar-refractivity contribution in [2.24, 2.45) is 5.92 Å². The molecule has 130 valence electrons. The highest BCUT2D eigenvalue weighted by Crippen LogP contribution is 2.32. The molecule has 2 N–H and O–H groups in total. The van der Waals surface area contributed by atoms with Gasteiger partial charge in [0.15, 0.2) is 0 Å². The fourth-order valence-corrected chi connectivity index (χ4v) is 3.13. The number of carbonyl (C=O) groups is 2. The van der Waals surface area contributed by atoms with Crippen LogP contribution >= 0.6 is 0 Å². The van der Waals surface area contributed by atoms with E-state index in [9.17, 15) is 14.0 Å². The standard InChI is InChI=1S/C18H24FN3O2/c1-11-3-4-14(8-16(11)19)12(2)21-18(24)20-9-13-7-17(23)22(10-13)15-5-6-15/h3-4,8,12-13,15H,5-7,9-10H2,1-2H3,(H2,20,21,24)/t12-,13+/m1/s1. The molecule has 24 heavy (non-hydrogen) atoms. The molecule has 1 aliphatic carbocycles. The molecule has 6 heteroatoms. The minimum Gasteiger partial charge on any atom is -0.339 e. The molecule has 1 saturated carbocycles. The van der Waals surface area contributed by atoms with Crippen LogP contribution in [0.4, 0.5) is 9.18 Å². The highest BCUT2D eigenvalue weighted by molar-refractivity contribution is 5.79. The van der Waals surface area contributed by atoms with Crippen LogP contribution in [0.25, 0.3) is 0 Å². The number of rotatable bonds is 5. The maximum atomic E-state index is 13.6. The third kappa shape index (κ3) is 3.86. The Morgan fingerprint density at radius 2 is 2.17 bits per heavy atom. The monoisotopic (exact) mass is 333 g/mol. The molecule has 1 saturated heterocycles. The average molecular weight is 333 g/mol. The van der Waals surface area contributed by atoms with Gasteiger partial charge in [0.1, 0.15) is 5.82 Å². The lowest BCUT2D eigenvalue weighted by atomic mass is 10.1. The first-order valence-electron chi connectivity index (χ1n) is 8.54. The molecular weight excluding hydrogens is 309 g/mol. The molecule has 5 nitrogen and oxygen atoms in total. The van der Waals surface area contributed by atoms with Gasteiger partial charge in [-0.3, -0.25) is 4.79 Å². The van der Waals surface area contributed by atoms with Crippen LogP contribution in [0.2, 0.25) is 0 Å². The molecule has 2 atom stereocenters. The predicted molar refractivity (Wildman–Crippen MR) is 88.9 cm³/mol. The van der Waals surface area contributed by atoms with E-state index in [4.69, 9.17) is 0 Å². The fraction of sp³-hybridized carbons (Fsp3) is 0.556. The van der Waals surface area contributed by atoms with Crippen molar-refractivity contribution in [3.63, 3.8) is 0 Å². The fourth-order valence-electron chi connectivity index (χ4n) is 3.13. The summed E-state index contributed by atoms with van der Waals surface area (Å²) in [6.45, 7) is 4.74. The second-order valence-corrected chi connectivity index (χ2v) is 6.93. The lowest BCUT2D eigenvalue weighted by Gasteiger charge is -2.18. The van der Waals surface area contributed by atoms with Gasteiger partial charge in [-0.15, -0.1) is 0 Å². The van der Waals surface area contributed by atoms with E-state index in [1.165, 1.54) is 6.07 Å². The van der Waals surface area contributed by atoms with E-state index in [1.54, 1.807) is 13.0 Å². The number of aryl methyl sites for hydroxylation is 1. The minimum atomic E-state index is -0.291. The number of benzene rings is 1. The quantitative estimate of drug-likeness (QED) is 0.870. The van der Waals surface area contributed by atoms with E-state index in [0.29, 0.717) is 24.6 Å². The Labute approximate surface area is 141 Å². The van der Waals surface area contributed by atoms with E-state index in [2.05, 4.69) is 10.6 Å². The van der Waals surface area contributed by atoms with Crippen LogP contribution in [0.5, 0.6) is 0 Å². The molecular formula is C18H24FN3O2. The molecule has 1 aliphatic heterocycles. The summed E-state index contributed by atoms with van der Waals surface area (Å²) >= 11 is 0. The SMILES string of the molecule is Cc1ccc([C@@H](C)NC(=O)NC[C@@H]2CC(=O)N(C3CC3)C2)cc1F. The number of halogens is 1. The highest BCUT2D eigenvalue weighted by Gasteiger charge is 2.39. The van der Waals surface area contributed by atoms with E-state index in [0.717, 1.165) is 24.9 Å². The van der Waals surface area contributed by atoms with Crippen LogP contribution in [-0.4, -0.2) is 36.0 Å². The first-order chi connectivity index (χ1) is 11.4. The van der Waals surface area contributed by atoms with Crippen molar-refractivity contribution in [1.82, 2.24) is 15.5 Å². The summed E-state index contributed by atoms with van der Waals surface area (Å²) in [6, 6.07) is 4.83. The third-order valence-corrected chi connectivity index (χ3v) is 4.82. The van der Waals surface area contributed by atoms with Crippen molar-refractivity contribution >= 4 is 11.9 Å². The third-order valence-electron chi connectivity index (χ3n) is 4.82. The van der Waals surface area contributed by atoms with Crippen molar-refractivity contribution in [2.75, 3.05) is 13.1 Å². The number of carbonyl (C=O) groups excluding carboxylic acids is 2. The summed E-state index contributed by atoms with van der Waals surface area (Å²) in [7, 11) is 0. The van der Waals surface area contributed by atoms with Crippen molar-refractivity contribution in [2.45, 2.75) is 45.2 Å². The Bertz CT molecular complexity index is 645. The molecule has 0 radical (unpaired) electrons. The van der Waals surface area contributed by atoms with Crippen molar-refractivity contribution < 1.29 is 14.0 Å². The zero-order chi connectivity index (χ0) is 17.3. The smallest absolute Gasteiger partial charge is 0.315 e. The molecule has 0 bridgehead atoms. The number of hydrogen-bond acceptors (Lipinski definition) is 2. The van der Waals surface area contributed by atoms with E-state index < -0.39 is 0 Å². The normalized spacial score (nSPS) is 21.7. The van der Waals surface area contributed by atoms with Gasteiger partial charge in [-0.05, 0) is 43.9 Å². The second-order valence-electron chi connectivity index (χ2n) is 6.93. The Hall–Kier alpha value is -2.11. The van der Waals surface area contributed by atoms with Crippen molar-refractivity contribution in [3.05, 3.63) is 35.1 Å². The summed E-state index contributed by atoms with van der Waals surface area (Å²) in [5.74, 6) is 0.107. The molecule has 2 fully saturated rings. The van der Waals surface area contributed by atoms with Gasteiger partial charge < -0.3 is 15.5 Å². The highest BCUT2D eigenvalue weighted by atomic mass is 19.1. The summed E-state index contributed by atoms with van der Waals surface area (Å²) < 4.78 is 13.6. The predicted octanol–water partition coefficient (Wildman–Crippen LogP) is 2.51. The Balaban J connectivity index is 1.45. The molecule has 2 aliphatic rings. The number of urea groups is 1. The summed E-state index contributed by atoms with van der Waals surface area (Å²) in [5, 5.41) is 5.64. The van der Waals surface area contributed by atoms with Gasteiger partial charge in [-0.1, -0.05) is 12.1 Å². The van der Waals surface area contributed by atoms with Crippen LogP contribution in [0.3, 0.4) is 0 Å². The molecule has 1 heterocycles. The van der Waals surface area contributed by atoms with Crippen LogP contribution in [-0.2, 0) is 4.79 Å². The van der Waals surface area contributed by atoms with Crippen LogP contribution in [0.15, 0.2) is 18.2 Å². The molecule has 3 amide bonds. The lowest BCUT2D eigenvalue weighted by Crippen LogP contribution is -2.40. The average Bonchev–Trinajstić information content (AvgIpc) is 3.31. The van der Waals surface area contributed by atoms with Gasteiger partial charge in [0.2, 0.25) is 5.91 Å². The molecule has 1 aromatic carbocycles. The van der Waals surface area contributed by atoms with Crippen molar-refractivity contribution in [3.8, 4) is 0 Å². The summed E-state index contributed by atoms with van der Waals surface area (Å²) in [4.78, 5) is 25.9. The van der Waals surface area contributed by atoms with E-state index in [1.807, 2.05) is 17.9 Å². The maximum Gasteiger partial charge on any atom is 0.315 e. The van der Waals surface area contributed by atoms with Crippen LogP contribution in [0.1, 0.15) is 43.4 Å². The van der Waals surface area contributed by atoms with Crippen molar-refractivity contribution in [1.29, 1.82) is 0 Å². The van der Waals surface area contributed by atoms with Crippen LogP contribution < -0.4 is 10.6 Å². The first kappa shape index (κ1) is 16.7. The Morgan fingerprint density at radius 3 is 2.83 bits per heavy atom. The first-order valence-corrected chi connectivity index (χ1v) is 8.54. The Kier molecular flexibility index (Phi) is 4.73. The molecule has 3 rings (SSSR count). The molecule has 0 unspecified atom stereocenters. The number of nitrogens with zero attached hydrogens (tertiary/aromatic N) is 1. The van der Waals surface area contributed by atoms with Gasteiger partial charge in [0, 0.05) is 31.5 Å². The van der Waals surface area contributed by atoms with Crippen LogP contribution in [0, 0.1) is 18.7 Å². The van der Waals surface area contributed by atoms with E-state index in [-0.39, 0.29) is 29.7 Å². The lowest BCUT2D eigenvalue weighted by molar-refractivity contribution is -0.128. The summed E-state index contributed by atoms with van der Waals surface area (Å²) in [6.07, 6.45) is 2.73. The van der Waals surface area contributed by atoms with E-state index >= 15 is 0 Å². The topological polar surface area (TPSA) is 61.4 Å². The maximum absolute atomic E-state index is 13.6. The molecule has 0 aromatic heterocycles. The largest absolute Gasteiger partial charge is 0.339 e. The minimum absolute atomic E-state index is 0.177. The zero-order valence-corrected chi connectivity index (χ0v) is 14.1. The molecule has 1 aromatic rings. The second kappa shape index (κ2) is 6.79. The van der Waals surface area contributed by atoms with Gasteiger partial charge in [-0.2, -0.15) is 0 Å². The number of likely N-dealkylation sites (tertiary alicyclic amines) is 1. The molecule has 0 spiro atoms. The zero-order valence-electron chi connectivity index (χ0n) is 14.1. The van der Waals surface area contributed by atoms with Gasteiger partial charge in [-0.25, -0.2) is 9.18 Å². The van der Waals surface area contributed by atoms with Gasteiger partial charge >= 0.3 is 6.03 Å². The van der Waals surface area contributed by atoms with Gasteiger partial charge in [0.05, 0.1) is 6.04 Å². The van der Waals surface area contributed by atoms with Gasteiger partial charge in [0.25, 0.3) is 0 Å². The number of nitrogens with one attached hydrogen (secondary N) is 2. The Morgan fingerprint density at radius 1 is 1.42 bits per heavy atom.